The Morgan fingerprint density at radius 1 is 1.07 bits per heavy atom. The summed E-state index contributed by atoms with van der Waals surface area (Å²) in [5.74, 6) is 0.196. The number of aromatic nitrogens is 1. The Bertz CT molecular complexity index is 793. The van der Waals surface area contributed by atoms with Gasteiger partial charge in [0.15, 0.2) is 0 Å². The molecular weight excluding hydrogens is 350 g/mol. The van der Waals surface area contributed by atoms with E-state index in [4.69, 9.17) is 0 Å². The predicted octanol–water partition coefficient (Wildman–Crippen LogP) is 2.95. The zero-order valence-corrected chi connectivity index (χ0v) is 16.4. The second-order valence-electron chi connectivity index (χ2n) is 8.27. The van der Waals surface area contributed by atoms with E-state index < -0.39 is 0 Å². The molecule has 5 heteroatoms. The van der Waals surface area contributed by atoms with Gasteiger partial charge in [-0.15, -0.1) is 0 Å². The number of nitrogens with zero attached hydrogens (tertiary/aromatic N) is 3. The van der Waals surface area contributed by atoms with Crippen molar-refractivity contribution in [1.82, 2.24) is 14.8 Å². The topological polar surface area (TPSA) is 56.7 Å². The van der Waals surface area contributed by atoms with E-state index in [1.54, 1.807) is 0 Å². The minimum Gasteiger partial charge on any atom is -0.395 e. The van der Waals surface area contributed by atoms with E-state index in [9.17, 15) is 9.90 Å². The first-order valence-corrected chi connectivity index (χ1v) is 10.3. The standard InChI is InChI=1S/C23H29N3O2/c27-15-14-26-18-23(11-9-22(26)28)10-3-13-25(17-23)16-19-5-7-20(8-6-19)21-4-1-2-12-24-21/h1-2,4-8,12,27H,3,9-11,13-18H2/t23-/m1/s1. The number of benzene rings is 1. The highest BCUT2D eigenvalue weighted by Crippen LogP contribution is 2.39. The first-order valence-electron chi connectivity index (χ1n) is 10.3. The van der Waals surface area contributed by atoms with Gasteiger partial charge in [-0.05, 0) is 43.5 Å². The molecule has 2 aliphatic rings. The van der Waals surface area contributed by atoms with E-state index in [-0.39, 0.29) is 17.9 Å². The molecule has 2 saturated heterocycles. The second kappa shape index (κ2) is 8.41. The number of hydrogen-bond acceptors (Lipinski definition) is 4. The quantitative estimate of drug-likeness (QED) is 0.868. The average Bonchev–Trinajstić information content (AvgIpc) is 2.73. The van der Waals surface area contributed by atoms with Crippen LogP contribution in [0.4, 0.5) is 0 Å². The summed E-state index contributed by atoms with van der Waals surface area (Å²) < 4.78 is 0. The number of aliphatic hydroxyl groups excluding tert-OH is 1. The van der Waals surface area contributed by atoms with Crippen LogP contribution in [0.1, 0.15) is 31.2 Å². The Balaban J connectivity index is 1.41. The van der Waals surface area contributed by atoms with Crippen LogP contribution >= 0.6 is 0 Å². The lowest BCUT2D eigenvalue weighted by molar-refractivity contribution is -0.140. The summed E-state index contributed by atoms with van der Waals surface area (Å²) in [7, 11) is 0. The summed E-state index contributed by atoms with van der Waals surface area (Å²) in [6.07, 6.45) is 5.77. The summed E-state index contributed by atoms with van der Waals surface area (Å²) in [6.45, 7) is 4.39. The molecule has 0 radical (unpaired) electrons. The minimum atomic E-state index is 0.0498. The van der Waals surface area contributed by atoms with E-state index in [1.165, 1.54) is 18.4 Å². The van der Waals surface area contributed by atoms with Crippen LogP contribution in [-0.4, -0.2) is 58.6 Å². The number of β-amino-alcohol motifs (C(OH)–C–C–N with tert-alkyl or cyclic N) is 1. The molecule has 0 bridgehead atoms. The third-order valence-corrected chi connectivity index (χ3v) is 6.18. The zero-order chi connectivity index (χ0) is 19.4. The van der Waals surface area contributed by atoms with Crippen molar-refractivity contribution in [2.24, 2.45) is 5.41 Å². The highest BCUT2D eigenvalue weighted by Gasteiger charge is 2.41. The molecule has 2 aromatic rings. The van der Waals surface area contributed by atoms with Gasteiger partial charge in [-0.1, -0.05) is 30.3 Å². The summed E-state index contributed by atoms with van der Waals surface area (Å²) in [6, 6.07) is 14.7. The normalized spacial score (nSPS) is 23.3. The van der Waals surface area contributed by atoms with Crippen LogP contribution < -0.4 is 0 Å². The highest BCUT2D eigenvalue weighted by atomic mass is 16.3. The van der Waals surface area contributed by atoms with Crippen molar-refractivity contribution >= 4 is 5.91 Å². The Morgan fingerprint density at radius 3 is 2.68 bits per heavy atom. The maximum atomic E-state index is 12.1. The molecule has 148 valence electrons. The van der Waals surface area contributed by atoms with E-state index >= 15 is 0 Å². The van der Waals surface area contributed by atoms with Crippen molar-refractivity contribution in [1.29, 1.82) is 0 Å². The van der Waals surface area contributed by atoms with Crippen LogP contribution in [0, 0.1) is 5.41 Å². The molecule has 5 nitrogen and oxygen atoms in total. The number of hydrogen-bond donors (Lipinski definition) is 1. The van der Waals surface area contributed by atoms with Gasteiger partial charge in [0.05, 0.1) is 12.3 Å². The maximum absolute atomic E-state index is 12.1. The lowest BCUT2D eigenvalue weighted by atomic mass is 9.73. The van der Waals surface area contributed by atoms with Crippen LogP contribution in [0.3, 0.4) is 0 Å². The first-order chi connectivity index (χ1) is 13.7. The fourth-order valence-corrected chi connectivity index (χ4v) is 4.78. The molecule has 4 rings (SSSR count). The molecule has 1 atom stereocenters. The predicted molar refractivity (Wildman–Crippen MR) is 110 cm³/mol. The smallest absolute Gasteiger partial charge is 0.222 e. The van der Waals surface area contributed by atoms with Crippen molar-refractivity contribution < 1.29 is 9.90 Å². The van der Waals surface area contributed by atoms with Crippen LogP contribution in [-0.2, 0) is 11.3 Å². The van der Waals surface area contributed by atoms with Gasteiger partial charge >= 0.3 is 0 Å². The van der Waals surface area contributed by atoms with Crippen molar-refractivity contribution in [2.45, 2.75) is 32.2 Å². The van der Waals surface area contributed by atoms with Gasteiger partial charge in [0.25, 0.3) is 0 Å². The number of likely N-dealkylation sites (tertiary alicyclic amines) is 2. The molecule has 1 amide bonds. The van der Waals surface area contributed by atoms with Crippen molar-refractivity contribution in [2.75, 3.05) is 32.8 Å². The summed E-state index contributed by atoms with van der Waals surface area (Å²) in [5.41, 5.74) is 3.65. The van der Waals surface area contributed by atoms with Crippen LogP contribution in [0.2, 0.25) is 0 Å². The van der Waals surface area contributed by atoms with Crippen LogP contribution in [0.15, 0.2) is 48.7 Å². The number of piperidine rings is 2. The maximum Gasteiger partial charge on any atom is 0.222 e. The molecule has 2 aliphatic heterocycles. The molecule has 1 spiro atoms. The van der Waals surface area contributed by atoms with E-state index in [0.717, 1.165) is 43.9 Å². The number of pyridine rings is 1. The third-order valence-electron chi connectivity index (χ3n) is 6.18. The molecule has 2 fully saturated rings. The lowest BCUT2D eigenvalue weighted by Crippen LogP contribution is -2.54. The average molecular weight is 380 g/mol. The van der Waals surface area contributed by atoms with Crippen molar-refractivity contribution in [3.63, 3.8) is 0 Å². The first kappa shape index (κ1) is 19.1. The molecule has 1 aromatic heterocycles. The van der Waals surface area contributed by atoms with E-state index in [1.807, 2.05) is 29.3 Å². The van der Waals surface area contributed by atoms with Gasteiger partial charge in [0, 0.05) is 49.8 Å². The van der Waals surface area contributed by atoms with Crippen LogP contribution in [0.25, 0.3) is 11.3 Å². The van der Waals surface area contributed by atoms with Gasteiger partial charge < -0.3 is 10.0 Å². The van der Waals surface area contributed by atoms with Gasteiger partial charge in [-0.25, -0.2) is 0 Å². The fraction of sp³-hybridized carbons (Fsp3) is 0.478. The fourth-order valence-electron chi connectivity index (χ4n) is 4.78. The Labute approximate surface area is 167 Å². The Morgan fingerprint density at radius 2 is 1.93 bits per heavy atom. The minimum absolute atomic E-state index is 0.0498. The monoisotopic (exact) mass is 379 g/mol. The highest BCUT2D eigenvalue weighted by molar-refractivity contribution is 5.77. The third kappa shape index (κ3) is 4.26. The lowest BCUT2D eigenvalue weighted by Gasteiger charge is -2.48. The number of amides is 1. The SMILES string of the molecule is O=C1CC[C@@]2(CCCN(Cc3ccc(-c4ccccn4)cc3)C2)CN1CCO. The van der Waals surface area contributed by atoms with E-state index in [2.05, 4.69) is 34.1 Å². The molecule has 0 saturated carbocycles. The van der Waals surface area contributed by atoms with E-state index in [0.29, 0.717) is 13.0 Å². The van der Waals surface area contributed by atoms with Crippen LogP contribution in [0.5, 0.6) is 0 Å². The number of carbonyl (C=O) groups is 1. The zero-order valence-electron chi connectivity index (χ0n) is 16.4. The molecular formula is C23H29N3O2. The number of aliphatic hydroxyl groups is 1. The molecule has 1 N–H and O–H groups in total. The molecule has 28 heavy (non-hydrogen) atoms. The van der Waals surface area contributed by atoms with Crippen molar-refractivity contribution in [3.05, 3.63) is 54.2 Å². The number of carbonyl (C=O) groups excluding carboxylic acids is 1. The molecule has 0 unspecified atom stereocenters. The Hall–Kier alpha value is -2.24. The molecule has 3 heterocycles. The summed E-state index contributed by atoms with van der Waals surface area (Å²) in [4.78, 5) is 21.0. The number of rotatable bonds is 5. The largest absolute Gasteiger partial charge is 0.395 e. The Kier molecular flexibility index (Phi) is 5.74. The summed E-state index contributed by atoms with van der Waals surface area (Å²) in [5, 5.41) is 9.27. The molecule has 0 aliphatic carbocycles. The second-order valence-corrected chi connectivity index (χ2v) is 8.27. The van der Waals surface area contributed by atoms with Gasteiger partial charge in [-0.2, -0.15) is 0 Å². The molecule has 1 aromatic carbocycles. The van der Waals surface area contributed by atoms with Gasteiger partial charge in [0.2, 0.25) is 5.91 Å². The van der Waals surface area contributed by atoms with Gasteiger partial charge in [-0.3, -0.25) is 14.7 Å². The van der Waals surface area contributed by atoms with Gasteiger partial charge in [0.1, 0.15) is 0 Å². The summed E-state index contributed by atoms with van der Waals surface area (Å²) >= 11 is 0. The van der Waals surface area contributed by atoms with Crippen molar-refractivity contribution in [3.8, 4) is 11.3 Å².